The number of allylic oxidation sites excluding steroid dienone is 1. The average Bonchev–Trinajstić information content (AvgIpc) is 2.76. The van der Waals surface area contributed by atoms with E-state index in [9.17, 15) is 13.2 Å². The Labute approximate surface area is 184 Å². The molecule has 1 aliphatic rings. The van der Waals surface area contributed by atoms with Gasteiger partial charge in [-0.25, -0.2) is 8.42 Å². The van der Waals surface area contributed by atoms with Crippen LogP contribution < -0.4 is 14.8 Å². The van der Waals surface area contributed by atoms with E-state index >= 15 is 0 Å². The third kappa shape index (κ3) is 6.85. The lowest BCUT2D eigenvalue weighted by atomic mass is 9.97. The molecule has 0 heterocycles. The smallest absolute Gasteiger partial charge is 0.261 e. The summed E-state index contributed by atoms with van der Waals surface area (Å²) in [7, 11) is -3.70. The van der Waals surface area contributed by atoms with Crippen molar-refractivity contribution in [3.05, 3.63) is 65.2 Å². The Balaban J connectivity index is 1.48. The van der Waals surface area contributed by atoms with Gasteiger partial charge in [0.25, 0.3) is 15.9 Å². The molecule has 166 valence electrons. The summed E-state index contributed by atoms with van der Waals surface area (Å²) < 4.78 is 33.3. The van der Waals surface area contributed by atoms with Crippen LogP contribution in [0.2, 0.25) is 0 Å². The molecule has 0 bridgehead atoms. The maximum absolute atomic E-state index is 12.6. The zero-order valence-electron chi connectivity index (χ0n) is 18.1. The molecule has 3 rings (SSSR count). The van der Waals surface area contributed by atoms with Gasteiger partial charge in [-0.05, 0) is 93.5 Å². The molecule has 1 aliphatic carbocycles. The molecule has 0 unspecified atom stereocenters. The van der Waals surface area contributed by atoms with Crippen LogP contribution >= 0.6 is 0 Å². The molecule has 7 heteroatoms. The molecule has 0 radical (unpaired) electrons. The van der Waals surface area contributed by atoms with Crippen LogP contribution in [0.3, 0.4) is 0 Å². The van der Waals surface area contributed by atoms with Crippen molar-refractivity contribution in [3.63, 3.8) is 0 Å². The summed E-state index contributed by atoms with van der Waals surface area (Å²) in [6, 6.07) is 11.4. The number of anilines is 1. The molecule has 0 saturated carbocycles. The van der Waals surface area contributed by atoms with Gasteiger partial charge in [-0.1, -0.05) is 17.7 Å². The molecule has 0 saturated heterocycles. The van der Waals surface area contributed by atoms with Crippen LogP contribution in [-0.2, 0) is 14.8 Å². The fourth-order valence-electron chi connectivity index (χ4n) is 3.43. The first-order valence-corrected chi connectivity index (χ1v) is 12.1. The fourth-order valence-corrected chi connectivity index (χ4v) is 4.48. The van der Waals surface area contributed by atoms with Gasteiger partial charge in [0.05, 0.1) is 4.90 Å². The van der Waals surface area contributed by atoms with Crippen molar-refractivity contribution in [1.29, 1.82) is 0 Å². The van der Waals surface area contributed by atoms with Gasteiger partial charge in [-0.15, -0.1) is 0 Å². The van der Waals surface area contributed by atoms with E-state index in [1.807, 2.05) is 19.9 Å². The van der Waals surface area contributed by atoms with Crippen molar-refractivity contribution in [1.82, 2.24) is 5.32 Å². The summed E-state index contributed by atoms with van der Waals surface area (Å²) in [4.78, 5) is 12.1. The zero-order valence-corrected chi connectivity index (χ0v) is 18.9. The number of amides is 1. The third-order valence-corrected chi connectivity index (χ3v) is 6.81. The zero-order chi connectivity index (χ0) is 22.3. The first kappa shape index (κ1) is 22.9. The summed E-state index contributed by atoms with van der Waals surface area (Å²) in [6.45, 7) is 4.41. The third-order valence-electron chi connectivity index (χ3n) is 5.42. The van der Waals surface area contributed by atoms with Crippen molar-refractivity contribution >= 4 is 21.6 Å². The highest BCUT2D eigenvalue weighted by atomic mass is 32.2. The molecular weight excluding hydrogens is 412 g/mol. The maximum atomic E-state index is 12.6. The van der Waals surface area contributed by atoms with Crippen LogP contribution in [0.25, 0.3) is 0 Å². The standard InChI is InChI=1S/C24H30N2O4S/c1-18-8-9-21(16-19(18)2)26-31(28,29)23-12-10-22(11-13-23)30-17-24(27)25-15-14-20-6-4-3-5-7-20/h6,8-13,16,26H,3-5,7,14-15,17H2,1-2H3,(H,25,27). The number of rotatable bonds is 9. The molecule has 2 aromatic rings. The van der Waals surface area contributed by atoms with Crippen LogP contribution in [0.5, 0.6) is 5.75 Å². The van der Waals surface area contributed by atoms with Crippen LogP contribution in [0.15, 0.2) is 59.0 Å². The highest BCUT2D eigenvalue weighted by molar-refractivity contribution is 7.92. The second-order valence-corrected chi connectivity index (χ2v) is 9.56. The van der Waals surface area contributed by atoms with E-state index < -0.39 is 10.0 Å². The molecular formula is C24H30N2O4S. The molecule has 0 aromatic heterocycles. The lowest BCUT2D eigenvalue weighted by molar-refractivity contribution is -0.123. The molecule has 2 N–H and O–H groups in total. The van der Waals surface area contributed by atoms with Crippen LogP contribution in [0.1, 0.15) is 43.2 Å². The van der Waals surface area contributed by atoms with Crippen LogP contribution in [0.4, 0.5) is 5.69 Å². The van der Waals surface area contributed by atoms with Gasteiger partial charge in [-0.3, -0.25) is 9.52 Å². The van der Waals surface area contributed by atoms with Gasteiger partial charge < -0.3 is 10.1 Å². The predicted octanol–water partition coefficient (Wildman–Crippen LogP) is 4.49. The Bertz CT molecular complexity index is 1040. The maximum Gasteiger partial charge on any atom is 0.261 e. The topological polar surface area (TPSA) is 84.5 Å². The van der Waals surface area contributed by atoms with E-state index in [1.54, 1.807) is 24.3 Å². The molecule has 2 aromatic carbocycles. The normalized spacial score (nSPS) is 13.9. The Morgan fingerprint density at radius 2 is 1.81 bits per heavy atom. The van der Waals surface area contributed by atoms with Gasteiger partial charge in [-0.2, -0.15) is 0 Å². The first-order valence-electron chi connectivity index (χ1n) is 10.6. The summed E-state index contributed by atoms with van der Waals surface area (Å²) in [5.41, 5.74) is 4.04. The predicted molar refractivity (Wildman–Crippen MR) is 123 cm³/mol. The van der Waals surface area contributed by atoms with Crippen LogP contribution in [-0.4, -0.2) is 27.5 Å². The molecule has 1 amide bonds. The van der Waals surface area contributed by atoms with Crippen molar-refractivity contribution in [2.75, 3.05) is 17.9 Å². The Morgan fingerprint density at radius 3 is 2.48 bits per heavy atom. The van der Waals surface area contributed by atoms with E-state index in [1.165, 1.54) is 30.5 Å². The van der Waals surface area contributed by atoms with Crippen molar-refractivity contribution < 1.29 is 17.9 Å². The van der Waals surface area contributed by atoms with Crippen LogP contribution in [0, 0.1) is 13.8 Å². The number of sulfonamides is 1. The average molecular weight is 443 g/mol. The summed E-state index contributed by atoms with van der Waals surface area (Å²) in [5, 5.41) is 2.86. The Kier molecular flexibility index (Phi) is 7.74. The summed E-state index contributed by atoms with van der Waals surface area (Å²) in [6.07, 6.45) is 7.90. The minimum Gasteiger partial charge on any atom is -0.484 e. The highest BCUT2D eigenvalue weighted by Gasteiger charge is 2.15. The molecule has 0 fully saturated rings. The Hall–Kier alpha value is -2.80. The Morgan fingerprint density at radius 1 is 1.03 bits per heavy atom. The van der Waals surface area contributed by atoms with E-state index in [0.29, 0.717) is 18.0 Å². The van der Waals surface area contributed by atoms with E-state index in [4.69, 9.17) is 4.74 Å². The minimum absolute atomic E-state index is 0.105. The molecule has 0 atom stereocenters. The SMILES string of the molecule is Cc1ccc(NS(=O)(=O)c2ccc(OCC(=O)NCCC3=CCCCC3)cc2)cc1C. The van der Waals surface area contributed by atoms with E-state index in [0.717, 1.165) is 30.4 Å². The van der Waals surface area contributed by atoms with Crippen molar-refractivity contribution in [2.45, 2.75) is 50.8 Å². The molecule has 6 nitrogen and oxygen atoms in total. The van der Waals surface area contributed by atoms with Gasteiger partial charge >= 0.3 is 0 Å². The minimum atomic E-state index is -3.70. The number of benzene rings is 2. The number of hydrogen-bond acceptors (Lipinski definition) is 4. The second kappa shape index (κ2) is 10.5. The summed E-state index contributed by atoms with van der Waals surface area (Å²) in [5.74, 6) is 0.250. The van der Waals surface area contributed by atoms with Gasteiger partial charge in [0.1, 0.15) is 5.75 Å². The number of carbonyl (C=O) groups excluding carboxylic acids is 1. The van der Waals surface area contributed by atoms with Crippen molar-refractivity contribution in [2.24, 2.45) is 0 Å². The first-order chi connectivity index (χ1) is 14.8. The lowest BCUT2D eigenvalue weighted by Gasteiger charge is -2.13. The fraction of sp³-hybridized carbons (Fsp3) is 0.375. The summed E-state index contributed by atoms with van der Waals surface area (Å²) >= 11 is 0. The second-order valence-electron chi connectivity index (χ2n) is 7.87. The van der Waals surface area contributed by atoms with Gasteiger partial charge in [0, 0.05) is 12.2 Å². The number of nitrogens with one attached hydrogen (secondary N) is 2. The molecule has 0 aliphatic heterocycles. The van der Waals surface area contributed by atoms with Gasteiger partial charge in [0.2, 0.25) is 0 Å². The molecule has 0 spiro atoms. The number of hydrogen-bond donors (Lipinski definition) is 2. The van der Waals surface area contributed by atoms with Gasteiger partial charge in [0.15, 0.2) is 6.61 Å². The lowest BCUT2D eigenvalue weighted by Crippen LogP contribution is -2.30. The molecule has 31 heavy (non-hydrogen) atoms. The largest absolute Gasteiger partial charge is 0.484 e. The number of aryl methyl sites for hydroxylation is 2. The number of ether oxygens (including phenoxy) is 1. The number of carbonyl (C=O) groups is 1. The van der Waals surface area contributed by atoms with E-state index in [2.05, 4.69) is 16.1 Å². The van der Waals surface area contributed by atoms with Crippen molar-refractivity contribution in [3.8, 4) is 5.75 Å². The monoisotopic (exact) mass is 442 g/mol. The van der Waals surface area contributed by atoms with E-state index in [-0.39, 0.29) is 17.4 Å². The highest BCUT2D eigenvalue weighted by Crippen LogP contribution is 2.21. The quantitative estimate of drug-likeness (QED) is 0.561.